The smallest absolute Gasteiger partial charge is 0.335 e. The van der Waals surface area contributed by atoms with Crippen LogP contribution in [0.15, 0.2) is 53.7 Å². The van der Waals surface area contributed by atoms with Gasteiger partial charge in [0.15, 0.2) is 5.72 Å². The fourth-order valence-electron chi connectivity index (χ4n) is 17.3. The Morgan fingerprint density at radius 1 is 0.887 bits per heavy atom. The van der Waals surface area contributed by atoms with Crippen LogP contribution in [-0.2, 0) is 34.6 Å². The molecule has 9 saturated heterocycles. The minimum atomic E-state index is -0.476. The predicted octanol–water partition coefficient (Wildman–Crippen LogP) is 4.53. The van der Waals surface area contributed by atoms with Crippen molar-refractivity contribution < 1.29 is 28.5 Å². The van der Waals surface area contributed by atoms with E-state index in [1.807, 2.05) is 7.11 Å². The van der Waals surface area contributed by atoms with Crippen LogP contribution in [0.3, 0.4) is 0 Å². The van der Waals surface area contributed by atoms with Gasteiger partial charge in [-0.1, -0.05) is 30.3 Å². The maximum Gasteiger partial charge on any atom is 0.335 e. The van der Waals surface area contributed by atoms with Crippen molar-refractivity contribution in [3.05, 3.63) is 64.9 Å². The van der Waals surface area contributed by atoms with Crippen LogP contribution in [0.1, 0.15) is 62.5 Å². The van der Waals surface area contributed by atoms with E-state index in [1.165, 1.54) is 16.8 Å². The molecule has 2 aromatic carbocycles. The molecule has 2 bridgehead atoms. The zero-order chi connectivity index (χ0) is 34.9. The first-order valence-electron chi connectivity index (χ1n) is 20.5. The summed E-state index contributed by atoms with van der Waals surface area (Å²) in [4.78, 5) is 22.5. The lowest BCUT2D eigenvalue weighted by Gasteiger charge is -2.77. The van der Waals surface area contributed by atoms with Crippen LogP contribution in [0.25, 0.3) is 0 Å². The van der Waals surface area contributed by atoms with E-state index in [1.54, 1.807) is 7.11 Å². The number of methoxy groups -OCH3 is 2. The number of nitrogens with zero attached hydrogens (tertiary/aromatic N) is 3. The maximum atomic E-state index is 14.0. The summed E-state index contributed by atoms with van der Waals surface area (Å²) in [6.07, 6.45) is 8.27. The fraction of sp³-hybridized carbons (Fsp3) is 0.651. The summed E-state index contributed by atoms with van der Waals surface area (Å²) in [7, 11) is 3.39. The maximum absolute atomic E-state index is 14.0. The topological polar surface area (TPSA) is 85.0 Å². The number of benzene rings is 2. The molecule has 0 radical (unpaired) electrons. The zero-order valence-electron chi connectivity index (χ0n) is 30.7. The van der Waals surface area contributed by atoms with E-state index in [2.05, 4.69) is 62.5 Å². The molecule has 11 heterocycles. The van der Waals surface area contributed by atoms with Gasteiger partial charge in [-0.3, -0.25) is 9.80 Å². The molecule has 10 nitrogen and oxygen atoms in total. The summed E-state index contributed by atoms with van der Waals surface area (Å²) < 4.78 is 34.4. The minimum absolute atomic E-state index is 0.0597. The number of carbonyl (C=O) groups is 1. The van der Waals surface area contributed by atoms with Crippen LogP contribution in [0, 0.1) is 22.2 Å². The van der Waals surface area contributed by atoms with Gasteiger partial charge in [0.05, 0.1) is 53.9 Å². The number of piperidine rings is 3. The molecule has 0 aromatic heterocycles. The van der Waals surface area contributed by atoms with Crippen molar-refractivity contribution in [2.45, 2.75) is 98.4 Å². The molecule has 2 aromatic rings. The highest BCUT2D eigenvalue weighted by atomic mass is 16.6. The molecule has 10 heteroatoms. The highest BCUT2D eigenvalue weighted by Crippen LogP contribution is 2.81. The van der Waals surface area contributed by atoms with Gasteiger partial charge in [-0.25, -0.2) is 4.79 Å². The highest BCUT2D eigenvalue weighted by molar-refractivity contribution is 5.93. The minimum Gasteiger partial charge on any atom is -0.495 e. The Bertz CT molecular complexity index is 2110. The summed E-state index contributed by atoms with van der Waals surface area (Å²) in [5.74, 6) is 1.08. The number of fused-ring (bicyclic) bond motifs is 2. The largest absolute Gasteiger partial charge is 0.495 e. The molecular formula is C43H48N4O6. The monoisotopic (exact) mass is 716 g/mol. The highest BCUT2D eigenvalue weighted by Gasteiger charge is 2.88. The first-order valence-corrected chi connectivity index (χ1v) is 20.5. The second-order valence-electron chi connectivity index (χ2n) is 19.0. The molecule has 12 atom stereocenters. The molecule has 11 aliphatic heterocycles. The molecule has 10 fully saturated rings. The average Bonchev–Trinajstić information content (AvgIpc) is 4.04. The van der Waals surface area contributed by atoms with Gasteiger partial charge in [-0.2, -0.15) is 0 Å². The number of para-hydroxylation sites is 2. The quantitative estimate of drug-likeness (QED) is 0.448. The first kappa shape index (κ1) is 30.1. The standard InChI is InChI=1S/C43H48N4O6/c1-49-29-9-5-7-27-31(29)47-23-40-21-24-20-38-13-18-51-30(38)10-15-45-16-12-42(27,35(38)45)43(24,47)53-37(40)46-17-11-41-26-6-3-4-8-28(26)44-32(41)25(33(48)50-2)22-39(34(41)46)14-19-52-36(39)40/h3-9,24,30,34-37,44H,10-23H2,1-2H3/t24?,30-,34-,35-,36+,37?,38+,39-,40+,41-,42+,43+/m0/s1. The van der Waals surface area contributed by atoms with Crippen molar-refractivity contribution in [3.8, 4) is 5.75 Å². The molecule has 13 aliphatic rings. The molecule has 6 spiro atoms. The third-order valence-electron chi connectivity index (χ3n) is 18.1. The molecule has 53 heavy (non-hydrogen) atoms. The normalized spacial score (nSPS) is 49.6. The van der Waals surface area contributed by atoms with Crippen LogP contribution in [0.2, 0.25) is 0 Å². The Morgan fingerprint density at radius 2 is 1.74 bits per heavy atom. The lowest BCUT2D eigenvalue weighted by atomic mass is 9.41. The fourth-order valence-corrected chi connectivity index (χ4v) is 17.3. The van der Waals surface area contributed by atoms with Crippen molar-refractivity contribution in [1.29, 1.82) is 0 Å². The lowest BCUT2D eigenvalue weighted by Crippen LogP contribution is -2.88. The molecule has 0 amide bonds. The number of anilines is 2. The van der Waals surface area contributed by atoms with Gasteiger partial charge in [0.25, 0.3) is 0 Å². The third kappa shape index (κ3) is 2.77. The SMILES string of the molecule is COC(=O)C1=C2Nc3ccccc3[C@@]23CCN2C4O[C@@]56C7C[C@@]4(CN5c4c(OC)cccc4[C@@]64CCN5CC[C@@H]6OCC[C@]6(C7)[C@H]54)[C@@H]4OCC[C@]4(C1)[C@H]23. The molecule has 1 N–H and O–H groups in total. The van der Waals surface area contributed by atoms with Crippen LogP contribution in [0.4, 0.5) is 11.4 Å². The summed E-state index contributed by atoms with van der Waals surface area (Å²) in [6, 6.07) is 16.2. The first-order chi connectivity index (χ1) is 25.9. The van der Waals surface area contributed by atoms with Crippen molar-refractivity contribution in [1.82, 2.24) is 9.80 Å². The van der Waals surface area contributed by atoms with Gasteiger partial charge in [0.1, 0.15) is 12.0 Å². The Kier molecular flexibility index (Phi) is 5.17. The molecular weight excluding hydrogens is 668 g/mol. The Morgan fingerprint density at radius 3 is 2.64 bits per heavy atom. The number of ether oxygens (including phenoxy) is 5. The molecule has 1 saturated carbocycles. The van der Waals surface area contributed by atoms with Crippen LogP contribution in [-0.4, -0.2) is 106 Å². The molecule has 15 rings (SSSR count). The Balaban J connectivity index is 1.03. The van der Waals surface area contributed by atoms with Crippen molar-refractivity contribution in [2.75, 3.05) is 63.8 Å². The van der Waals surface area contributed by atoms with Gasteiger partial charge < -0.3 is 33.9 Å². The average molecular weight is 717 g/mol. The van der Waals surface area contributed by atoms with E-state index >= 15 is 0 Å². The van der Waals surface area contributed by atoms with Crippen molar-refractivity contribution >= 4 is 17.3 Å². The second kappa shape index (κ2) is 9.10. The number of rotatable bonds is 2. The van der Waals surface area contributed by atoms with E-state index < -0.39 is 5.72 Å². The summed E-state index contributed by atoms with van der Waals surface area (Å²) in [5.41, 5.74) is 5.61. The lowest BCUT2D eigenvalue weighted by molar-refractivity contribution is -0.378. The van der Waals surface area contributed by atoms with Gasteiger partial charge >= 0.3 is 5.97 Å². The summed E-state index contributed by atoms with van der Waals surface area (Å²) >= 11 is 0. The predicted molar refractivity (Wildman–Crippen MR) is 193 cm³/mol. The van der Waals surface area contributed by atoms with Crippen LogP contribution in [0.5, 0.6) is 5.75 Å². The Labute approximate surface area is 310 Å². The van der Waals surface area contributed by atoms with E-state index in [9.17, 15) is 4.79 Å². The molecule has 276 valence electrons. The third-order valence-corrected chi connectivity index (χ3v) is 18.1. The summed E-state index contributed by atoms with van der Waals surface area (Å²) in [5, 5.41) is 3.83. The number of hydrogen-bond acceptors (Lipinski definition) is 10. The van der Waals surface area contributed by atoms with E-state index in [-0.39, 0.29) is 51.4 Å². The number of nitrogens with one attached hydrogen (secondary N) is 1. The van der Waals surface area contributed by atoms with Crippen LogP contribution < -0.4 is 15.0 Å². The van der Waals surface area contributed by atoms with E-state index in [0.29, 0.717) is 31.1 Å². The van der Waals surface area contributed by atoms with Crippen molar-refractivity contribution in [3.63, 3.8) is 0 Å². The Hall–Kier alpha value is -3.15. The number of esters is 1. The van der Waals surface area contributed by atoms with Crippen LogP contribution >= 0.6 is 0 Å². The number of hydrogen-bond donors (Lipinski definition) is 1. The zero-order valence-corrected chi connectivity index (χ0v) is 30.7. The van der Waals surface area contributed by atoms with Gasteiger partial charge in [0.2, 0.25) is 0 Å². The second-order valence-corrected chi connectivity index (χ2v) is 19.0. The van der Waals surface area contributed by atoms with Gasteiger partial charge in [0, 0.05) is 73.1 Å². The van der Waals surface area contributed by atoms with E-state index in [0.717, 1.165) is 100 Å². The van der Waals surface area contributed by atoms with E-state index in [4.69, 9.17) is 23.7 Å². The molecule has 2 aliphatic carbocycles. The number of carbonyl (C=O) groups excluding carboxylic acids is 1. The van der Waals surface area contributed by atoms with Gasteiger partial charge in [-0.05, 0) is 81.2 Å². The van der Waals surface area contributed by atoms with Gasteiger partial charge in [-0.15, -0.1) is 0 Å². The van der Waals surface area contributed by atoms with Crippen molar-refractivity contribution in [2.24, 2.45) is 22.2 Å². The molecule has 2 unspecified atom stereocenters. The summed E-state index contributed by atoms with van der Waals surface area (Å²) in [6.45, 7) is 5.58.